The number of ether oxygens (including phenoxy) is 7. The van der Waals surface area contributed by atoms with Crippen LogP contribution in [0.5, 0.6) is 0 Å². The number of rotatable bonds is 17. The molecule has 0 aromatic carbocycles. The van der Waals surface area contributed by atoms with Crippen LogP contribution >= 0.6 is 0 Å². The molecular weight excluding hydrogens is 876 g/mol. The number of carboxylic acids is 6. The van der Waals surface area contributed by atoms with E-state index in [2.05, 4.69) is 33.2 Å². The first kappa shape index (κ1) is 81.5. The third kappa shape index (κ3) is 138. The van der Waals surface area contributed by atoms with Gasteiger partial charge < -0.3 is 88.7 Å². The summed E-state index contributed by atoms with van der Waals surface area (Å²) >= 11 is 0. The van der Waals surface area contributed by atoms with Gasteiger partial charge in [0.05, 0.1) is 71.9 Å². The van der Waals surface area contributed by atoms with Gasteiger partial charge in [0.25, 0.3) is 0 Å². The third-order valence-corrected chi connectivity index (χ3v) is 3.91. The van der Waals surface area contributed by atoms with E-state index in [1.807, 2.05) is 0 Å². The molecule has 27 heteroatoms. The van der Waals surface area contributed by atoms with Gasteiger partial charge in [-0.3, -0.25) is 33.6 Å². The van der Waals surface area contributed by atoms with Gasteiger partial charge in [-0.25, -0.2) is 9.59 Å². The molecule has 0 amide bonds. The lowest BCUT2D eigenvalue weighted by atomic mass is 10.3. The number of carbonyl (C=O) groups excluding carboxylic acids is 6. The fourth-order valence-corrected chi connectivity index (χ4v) is 1.83. The van der Waals surface area contributed by atoms with Crippen LogP contribution in [-0.2, 0) is 71.5 Å². The van der Waals surface area contributed by atoms with E-state index in [0.717, 1.165) is 7.11 Å². The number of aliphatic hydroxyl groups excluding tert-OH is 3. The molecule has 0 aromatic rings. The summed E-state index contributed by atoms with van der Waals surface area (Å²) in [6.45, 7) is 16.4. The highest BCUT2D eigenvalue weighted by Crippen LogP contribution is 1.94. The van der Waals surface area contributed by atoms with Crippen molar-refractivity contribution in [3.05, 3.63) is 0 Å². The van der Waals surface area contributed by atoms with E-state index < -0.39 is 66.5 Å². The number of esters is 2. The zero-order chi connectivity index (χ0) is 51.6. The molecule has 27 nitrogen and oxygen atoms in total. The maximum Gasteiger partial charge on any atom is 0.712 e. The maximum absolute atomic E-state index is 10.5. The third-order valence-electron chi connectivity index (χ3n) is 3.91. The molecule has 64 heavy (non-hydrogen) atoms. The van der Waals surface area contributed by atoms with Gasteiger partial charge in [-0.1, -0.05) is 7.43 Å². The van der Waals surface area contributed by atoms with E-state index in [1.54, 1.807) is 55.4 Å². The van der Waals surface area contributed by atoms with E-state index in [1.165, 1.54) is 0 Å². The molecule has 0 fully saturated rings. The summed E-state index contributed by atoms with van der Waals surface area (Å²) in [4.78, 5) is 108. The summed E-state index contributed by atoms with van der Waals surface area (Å²) in [5, 5.41) is 72.2. The monoisotopic (exact) mass is 948 g/mol. The molecule has 0 spiro atoms. The Bertz CT molecular complexity index is 1070. The van der Waals surface area contributed by atoms with Crippen molar-refractivity contribution in [2.75, 3.05) is 60.0 Å². The van der Waals surface area contributed by atoms with Crippen LogP contribution in [-0.4, -0.2) is 172 Å². The van der Waals surface area contributed by atoms with Gasteiger partial charge >= 0.3 is 60.3 Å². The number of aliphatic carboxylic acids is 6. The summed E-state index contributed by atoms with van der Waals surface area (Å²) in [7, 11) is 1.05. The highest BCUT2D eigenvalue weighted by Gasteiger charge is 2.11. The van der Waals surface area contributed by atoms with Gasteiger partial charge in [0.15, 0.2) is 13.2 Å². The smallest absolute Gasteiger partial charge is 0.550 e. The number of aliphatic hydroxyl groups is 3. The Morgan fingerprint density at radius 2 is 0.672 bits per heavy atom. The number of carboxylic acid groups (broad SMARTS) is 6. The molecule has 382 valence electrons. The summed E-state index contributed by atoms with van der Waals surface area (Å²) in [5.74, 6) is -8.07. The first-order valence-corrected chi connectivity index (χ1v) is 18.5. The van der Waals surface area contributed by atoms with Crippen molar-refractivity contribution in [2.24, 2.45) is 0 Å². The minimum atomic E-state index is -1.33. The maximum atomic E-state index is 10.5. The molecule has 0 bridgehead atoms. The Hall–Kier alpha value is -6.35. The Kier molecular flexibility index (Phi) is 90.6. The van der Waals surface area contributed by atoms with Gasteiger partial charge in [0.2, 0.25) is 0 Å². The van der Waals surface area contributed by atoms with Crippen LogP contribution in [0.3, 0.4) is 0 Å². The average molecular weight is 949 g/mol. The minimum Gasteiger partial charge on any atom is -0.550 e. The lowest BCUT2D eigenvalue weighted by Gasteiger charge is -1.98. The van der Waals surface area contributed by atoms with Crippen molar-refractivity contribution in [1.29, 1.82) is 0 Å². The molecular formula is C37H72O27. The first-order valence-electron chi connectivity index (χ1n) is 18.5. The molecule has 0 unspecified atom stereocenters. The molecule has 9 N–H and O–H groups in total. The standard InChI is InChI=1S/C6H8O6.C6H10O4.2C5H10O3.2C4H6O4.3C2H6O.CH4/c1-11-6(10)12-5(9)3-2-4(7)8;1-2-10-6(9)4-3-5(7)8;2*1-3-7-5(6)8-4-2;2*5-3(6)1-2-4(7)8;3*1-2-3;/h2-3H2,1H3,(H,7,8);2-4H2,1H3,(H,7,8);2*3-4H2,1-2H3;2*1-2H2,(H,5,6)(H,7,8);3*3H,2H2,1H3;1H4. The fraction of sp³-hybridized carbons (Fsp3) is 0.703. The Morgan fingerprint density at radius 1 is 0.422 bits per heavy atom. The van der Waals surface area contributed by atoms with Crippen LogP contribution < -0.4 is 5.11 Å². The van der Waals surface area contributed by atoms with E-state index in [4.69, 9.17) is 45.6 Å². The van der Waals surface area contributed by atoms with E-state index >= 15 is 0 Å². The molecule has 0 saturated carbocycles. The average Bonchev–Trinajstić information content (AvgIpc) is 3.17. The lowest BCUT2D eigenvalue weighted by Crippen LogP contribution is -2.22. The lowest BCUT2D eigenvalue weighted by molar-refractivity contribution is -0.305. The zero-order valence-corrected chi connectivity index (χ0v) is 37.2. The van der Waals surface area contributed by atoms with Crippen molar-refractivity contribution >= 4 is 66.2 Å². The van der Waals surface area contributed by atoms with E-state index in [-0.39, 0.29) is 78.3 Å². The van der Waals surface area contributed by atoms with Gasteiger partial charge in [0, 0.05) is 25.8 Å². The highest BCUT2D eigenvalue weighted by molar-refractivity contribution is 5.84. The predicted molar refractivity (Wildman–Crippen MR) is 219 cm³/mol. The van der Waals surface area contributed by atoms with Crippen molar-refractivity contribution in [2.45, 2.75) is 114 Å². The molecule has 0 aliphatic rings. The summed E-state index contributed by atoms with van der Waals surface area (Å²) in [5.41, 5.74) is 0. The summed E-state index contributed by atoms with van der Waals surface area (Å²) in [6.07, 6.45) is -4.32. The number of hydrogen-bond acceptors (Lipinski definition) is 21. The normalized spacial score (nSPS) is 8.06. The fourth-order valence-electron chi connectivity index (χ4n) is 1.83. The van der Waals surface area contributed by atoms with Gasteiger partial charge in [0.1, 0.15) is 0 Å². The molecule has 0 radical (unpaired) electrons. The SMILES string of the molecule is C.CCO.CCO.CCO.CCOC(=O)CCC(=O)O.CCOC(=O)OCC.CCOC(=[OH+])OCC.COC(=O)OC(=O)CCC(=O)O.O=C(O)CCC(=O)O.O=C([O-])CCC(=O)O. The van der Waals surface area contributed by atoms with Crippen LogP contribution in [0.1, 0.15) is 114 Å². The summed E-state index contributed by atoms with van der Waals surface area (Å²) in [6, 6.07) is 0. The van der Waals surface area contributed by atoms with Crippen LogP contribution in [0.15, 0.2) is 0 Å². The topological polar surface area (TPSA) is 442 Å². The number of methoxy groups -OCH3 is 1. The quantitative estimate of drug-likeness (QED) is 0.0442. The second-order valence-corrected chi connectivity index (χ2v) is 9.27. The Morgan fingerprint density at radius 3 is 0.891 bits per heavy atom. The van der Waals surface area contributed by atoms with Crippen LogP contribution in [0.2, 0.25) is 0 Å². The van der Waals surface area contributed by atoms with E-state index in [0.29, 0.717) is 33.0 Å². The minimum absolute atomic E-state index is 0. The van der Waals surface area contributed by atoms with Crippen molar-refractivity contribution in [1.82, 2.24) is 0 Å². The summed E-state index contributed by atoms with van der Waals surface area (Å²) < 4.78 is 30.4. The van der Waals surface area contributed by atoms with Gasteiger partial charge in [-0.15, -0.1) is 0 Å². The molecule has 0 aliphatic carbocycles. The van der Waals surface area contributed by atoms with Crippen molar-refractivity contribution < 1.29 is 132 Å². The second kappa shape index (κ2) is 71.2. The van der Waals surface area contributed by atoms with Gasteiger partial charge in [-0.05, 0) is 61.8 Å². The Labute approximate surface area is 372 Å². The van der Waals surface area contributed by atoms with Crippen molar-refractivity contribution in [3.63, 3.8) is 0 Å². The first-order chi connectivity index (χ1) is 29.3. The molecule has 0 atom stereocenters. The molecule has 0 aromatic heterocycles. The highest BCUT2D eigenvalue weighted by atomic mass is 16.7. The largest absolute Gasteiger partial charge is 0.712 e. The molecule has 0 rings (SSSR count). The molecule has 0 aliphatic heterocycles. The molecule has 0 saturated heterocycles. The number of hydrogen-bond donors (Lipinski definition) is 8. The van der Waals surface area contributed by atoms with Crippen molar-refractivity contribution in [3.8, 4) is 0 Å². The zero-order valence-electron chi connectivity index (χ0n) is 37.2. The van der Waals surface area contributed by atoms with Crippen LogP contribution in [0.4, 0.5) is 9.59 Å². The molecule has 0 heterocycles. The van der Waals surface area contributed by atoms with Crippen LogP contribution in [0.25, 0.3) is 0 Å². The predicted octanol–water partition coefficient (Wildman–Crippen LogP) is 1.44. The van der Waals surface area contributed by atoms with Gasteiger partial charge in [-0.2, -0.15) is 0 Å². The number of carbonyl (C=O) groups is 10. The Balaban J connectivity index is -0.0000000659. The van der Waals surface area contributed by atoms with E-state index in [9.17, 15) is 53.1 Å². The van der Waals surface area contributed by atoms with Crippen LogP contribution in [0, 0.1) is 0 Å². The second-order valence-electron chi connectivity index (χ2n) is 9.27.